The molecule has 2 aliphatic heterocycles. The Labute approximate surface area is 220 Å². The van der Waals surface area contributed by atoms with Crippen LogP contribution in [0.5, 0.6) is 0 Å². The first-order valence-corrected chi connectivity index (χ1v) is 12.6. The van der Waals surface area contributed by atoms with Gasteiger partial charge in [0.2, 0.25) is 0 Å². The molecule has 4 nitrogen and oxygen atoms in total. The summed E-state index contributed by atoms with van der Waals surface area (Å²) >= 11 is 14.7. The van der Waals surface area contributed by atoms with Crippen LogP contribution in [0.15, 0.2) is 60.7 Å². The van der Waals surface area contributed by atoms with Gasteiger partial charge in [0.25, 0.3) is 0 Å². The van der Waals surface area contributed by atoms with Gasteiger partial charge in [0, 0.05) is 58.4 Å². The number of hydrogen-bond donors (Lipinski definition) is 0. The Morgan fingerprint density at radius 3 is 2.09 bits per heavy atom. The van der Waals surface area contributed by atoms with Crippen LogP contribution < -0.4 is 0 Å². The molecule has 7 heteroatoms. The molecule has 5 unspecified atom stereocenters. The van der Waals surface area contributed by atoms with Gasteiger partial charge >= 0.3 is 17.1 Å². The first kappa shape index (κ1) is 27.0. The fourth-order valence-electron chi connectivity index (χ4n) is 5.12. The van der Waals surface area contributed by atoms with Gasteiger partial charge in [-0.3, -0.25) is 9.80 Å². The summed E-state index contributed by atoms with van der Waals surface area (Å²) in [5.41, 5.74) is 2.48. The fraction of sp³-hybridized carbons (Fsp3) is 0.538. The third kappa shape index (κ3) is 6.34. The van der Waals surface area contributed by atoms with E-state index in [1.54, 1.807) is 0 Å². The molecule has 5 atom stereocenters. The van der Waals surface area contributed by atoms with Gasteiger partial charge in [-0.15, -0.1) is 11.6 Å². The van der Waals surface area contributed by atoms with E-state index in [0.717, 1.165) is 64.3 Å². The van der Waals surface area contributed by atoms with Crippen LogP contribution in [0.3, 0.4) is 0 Å². The summed E-state index contributed by atoms with van der Waals surface area (Å²) in [7, 11) is 4.41. The largest absolute Gasteiger partial charge is 2.00 e. The normalized spacial score (nSPS) is 32.6. The van der Waals surface area contributed by atoms with Crippen molar-refractivity contribution in [1.82, 2.24) is 19.6 Å². The van der Waals surface area contributed by atoms with Crippen LogP contribution >= 0.6 is 23.2 Å². The summed E-state index contributed by atoms with van der Waals surface area (Å²) < 4.78 is 0. The molecule has 2 saturated heterocycles. The molecule has 2 bridgehead atoms. The van der Waals surface area contributed by atoms with Gasteiger partial charge in [-0.25, -0.2) is 0 Å². The molecule has 0 saturated carbocycles. The molecule has 2 heterocycles. The van der Waals surface area contributed by atoms with Crippen LogP contribution in [0, 0.1) is 0 Å². The van der Waals surface area contributed by atoms with Crippen LogP contribution in [-0.4, -0.2) is 91.4 Å². The van der Waals surface area contributed by atoms with E-state index in [1.807, 2.05) is 6.07 Å². The molecule has 4 rings (SSSR count). The van der Waals surface area contributed by atoms with Gasteiger partial charge in [0.15, 0.2) is 0 Å². The first-order valence-electron chi connectivity index (χ1n) is 11.8. The van der Waals surface area contributed by atoms with Gasteiger partial charge < -0.3 is 9.80 Å². The van der Waals surface area contributed by atoms with E-state index >= 15 is 0 Å². The molecule has 2 aliphatic rings. The average Bonchev–Trinajstić information content (AvgIpc) is 2.82. The molecule has 0 N–H and O–H groups in total. The second kappa shape index (κ2) is 12.4. The summed E-state index contributed by atoms with van der Waals surface area (Å²) in [5, 5.41) is -0.221. The molecule has 179 valence electrons. The van der Waals surface area contributed by atoms with Crippen LogP contribution in [0.25, 0.3) is 0 Å². The van der Waals surface area contributed by atoms with Crippen molar-refractivity contribution in [3.8, 4) is 0 Å². The van der Waals surface area contributed by atoms with Crippen LogP contribution in [0.4, 0.5) is 0 Å². The molecule has 0 spiro atoms. The zero-order valence-electron chi connectivity index (χ0n) is 19.7. The Bertz CT molecular complexity index is 843. The maximum Gasteiger partial charge on any atom is 2.00 e. The Morgan fingerprint density at radius 2 is 1.39 bits per heavy atom. The summed E-state index contributed by atoms with van der Waals surface area (Å²) in [5.74, 6) is 0. The maximum atomic E-state index is 7.56. The van der Waals surface area contributed by atoms with Gasteiger partial charge in [-0.1, -0.05) is 72.3 Å². The molecule has 2 aromatic carbocycles. The van der Waals surface area contributed by atoms with Crippen molar-refractivity contribution in [3.05, 3.63) is 71.8 Å². The van der Waals surface area contributed by atoms with Crippen LogP contribution in [-0.2, 0) is 22.1 Å². The Morgan fingerprint density at radius 1 is 0.788 bits per heavy atom. The second-order valence-electron chi connectivity index (χ2n) is 9.29. The molecule has 0 aromatic heterocycles. The summed E-state index contributed by atoms with van der Waals surface area (Å²) in [6.07, 6.45) is 1.13. The minimum Gasteiger partial charge on any atom is -0.303 e. The third-order valence-corrected chi connectivity index (χ3v) is 8.45. The Hall–Kier alpha value is -0.621. The molecule has 2 aromatic rings. The van der Waals surface area contributed by atoms with E-state index < -0.39 is 5.00 Å². The standard InChI is InChI=1S/C26H36Cl2N4.Mn/c1-29-15-17-31-14-13-24(22-9-5-3-6-10-22)30(2)16-19-32(20-18-31)26(28,25(27)21-29)23-11-7-4-8-12-23;/h3-12,24-25H,13-21H2,1-2H3;/q;+2. The van der Waals surface area contributed by atoms with E-state index in [1.165, 1.54) is 5.56 Å². The smallest absolute Gasteiger partial charge is 0.303 e. The SMILES string of the molecule is CN1CCN2CCC(c3ccccc3)N(C)CCN(CC2)C(Cl)(c2ccccc2)C(Cl)C1.[Mn+2]. The molecule has 0 amide bonds. The fourth-order valence-corrected chi connectivity index (χ4v) is 5.99. The van der Waals surface area contributed by atoms with E-state index in [9.17, 15) is 0 Å². The minimum atomic E-state index is -0.748. The van der Waals surface area contributed by atoms with Crippen molar-refractivity contribution < 1.29 is 17.1 Å². The third-order valence-electron chi connectivity index (χ3n) is 7.17. The number of benzene rings is 2. The number of halogens is 2. The number of hydrogen-bond acceptors (Lipinski definition) is 4. The predicted molar refractivity (Wildman–Crippen MR) is 136 cm³/mol. The van der Waals surface area contributed by atoms with Crippen molar-refractivity contribution in [1.29, 1.82) is 0 Å². The molecule has 33 heavy (non-hydrogen) atoms. The number of alkyl halides is 2. The van der Waals surface area contributed by atoms with E-state index in [0.29, 0.717) is 6.04 Å². The number of likely N-dealkylation sites (N-methyl/N-ethyl adjacent to an activating group) is 2. The van der Waals surface area contributed by atoms with Crippen molar-refractivity contribution in [2.75, 3.05) is 66.5 Å². The van der Waals surface area contributed by atoms with Gasteiger partial charge in [-0.05, 0) is 31.6 Å². The van der Waals surface area contributed by atoms with Crippen molar-refractivity contribution >= 4 is 23.2 Å². The Kier molecular flexibility index (Phi) is 10.1. The minimum absolute atomic E-state index is 0. The molecule has 0 aliphatic carbocycles. The van der Waals surface area contributed by atoms with Gasteiger partial charge in [0.05, 0.1) is 5.38 Å². The zero-order chi connectivity index (χ0) is 22.6. The summed E-state index contributed by atoms with van der Waals surface area (Å²) in [6.45, 7) is 7.62. The van der Waals surface area contributed by atoms with E-state index in [2.05, 4.69) is 88.3 Å². The van der Waals surface area contributed by atoms with Gasteiger partial charge in [0.1, 0.15) is 5.00 Å². The topological polar surface area (TPSA) is 13.0 Å². The van der Waals surface area contributed by atoms with E-state index in [-0.39, 0.29) is 22.4 Å². The second-order valence-corrected chi connectivity index (χ2v) is 10.4. The number of nitrogens with zero attached hydrogens (tertiary/aromatic N) is 4. The first-order chi connectivity index (χ1) is 15.5. The van der Waals surface area contributed by atoms with Crippen LogP contribution in [0.1, 0.15) is 23.6 Å². The molecular formula is C26H36Cl2MnN4+2. The summed E-state index contributed by atoms with van der Waals surface area (Å²) in [4.78, 5) is 9.12. The quantitative estimate of drug-likeness (QED) is 0.326. The molecular weight excluding hydrogens is 494 g/mol. The zero-order valence-corrected chi connectivity index (χ0v) is 22.4. The molecule has 1 radical (unpaired) electrons. The number of rotatable bonds is 2. The molecule has 2 fully saturated rings. The Balaban J connectivity index is 0.00000306. The predicted octanol–water partition coefficient (Wildman–Crippen LogP) is 4.31. The van der Waals surface area contributed by atoms with Crippen LogP contribution in [0.2, 0.25) is 0 Å². The van der Waals surface area contributed by atoms with E-state index in [4.69, 9.17) is 23.2 Å². The van der Waals surface area contributed by atoms with Gasteiger partial charge in [-0.2, -0.15) is 0 Å². The summed E-state index contributed by atoms with van der Waals surface area (Å²) in [6, 6.07) is 21.7. The monoisotopic (exact) mass is 529 g/mol. The van der Waals surface area contributed by atoms with Crippen molar-refractivity contribution in [3.63, 3.8) is 0 Å². The average molecular weight is 530 g/mol. The number of fused-ring (bicyclic) bond motifs is 3. The maximum absolute atomic E-state index is 7.56. The van der Waals surface area contributed by atoms with Crippen molar-refractivity contribution in [2.45, 2.75) is 22.8 Å². The van der Waals surface area contributed by atoms with Crippen molar-refractivity contribution in [2.24, 2.45) is 0 Å².